The number of rotatable bonds is 5. The number of nitrogens with one attached hydrogen (secondary N) is 1. The van der Waals surface area contributed by atoms with Crippen molar-refractivity contribution in [3.05, 3.63) is 21.9 Å². The lowest BCUT2D eigenvalue weighted by molar-refractivity contribution is 0.379. The fraction of sp³-hybridized carbons (Fsp3) is 0.400. The maximum absolute atomic E-state index is 5.75. The Balaban J connectivity index is 1.99. The van der Waals surface area contributed by atoms with Gasteiger partial charge in [0.2, 0.25) is 11.2 Å². The van der Waals surface area contributed by atoms with Gasteiger partial charge in [-0.05, 0) is 11.6 Å². The lowest BCUT2D eigenvalue weighted by Crippen LogP contribution is -2.12. The standard InChI is InChI=1S/C10H12ClN5OS/c1-6(7-12-3-4-18-7)5-13-9-14-8(11)15-10(16-9)17-2/h3-4,6H,5H2,1-2H3,(H,13,14,15,16). The van der Waals surface area contributed by atoms with Crippen molar-refractivity contribution in [3.8, 4) is 6.01 Å². The summed E-state index contributed by atoms with van der Waals surface area (Å²) in [6.07, 6.45) is 1.79. The van der Waals surface area contributed by atoms with Crippen molar-refractivity contribution in [1.29, 1.82) is 0 Å². The summed E-state index contributed by atoms with van der Waals surface area (Å²) in [7, 11) is 1.48. The maximum Gasteiger partial charge on any atom is 0.322 e. The van der Waals surface area contributed by atoms with Gasteiger partial charge in [-0.2, -0.15) is 15.0 Å². The van der Waals surface area contributed by atoms with Crippen LogP contribution in [-0.4, -0.2) is 33.6 Å². The molecule has 0 aromatic carbocycles. The zero-order chi connectivity index (χ0) is 13.0. The van der Waals surface area contributed by atoms with E-state index >= 15 is 0 Å². The monoisotopic (exact) mass is 285 g/mol. The molecular weight excluding hydrogens is 274 g/mol. The number of hydrogen-bond donors (Lipinski definition) is 1. The van der Waals surface area contributed by atoms with E-state index in [4.69, 9.17) is 16.3 Å². The quantitative estimate of drug-likeness (QED) is 0.908. The molecule has 1 atom stereocenters. The first kappa shape index (κ1) is 13.0. The van der Waals surface area contributed by atoms with E-state index in [1.165, 1.54) is 7.11 Å². The van der Waals surface area contributed by atoms with Gasteiger partial charge in [0, 0.05) is 24.0 Å². The lowest BCUT2D eigenvalue weighted by atomic mass is 10.2. The highest BCUT2D eigenvalue weighted by Gasteiger charge is 2.10. The maximum atomic E-state index is 5.75. The number of anilines is 1. The molecule has 0 radical (unpaired) electrons. The van der Waals surface area contributed by atoms with Crippen molar-refractivity contribution in [2.24, 2.45) is 0 Å². The van der Waals surface area contributed by atoms with E-state index in [9.17, 15) is 0 Å². The third-order valence-electron chi connectivity index (χ3n) is 2.21. The molecule has 8 heteroatoms. The van der Waals surface area contributed by atoms with Crippen molar-refractivity contribution in [3.63, 3.8) is 0 Å². The normalized spacial score (nSPS) is 12.2. The van der Waals surface area contributed by atoms with Crippen molar-refractivity contribution in [2.45, 2.75) is 12.8 Å². The largest absolute Gasteiger partial charge is 0.467 e. The van der Waals surface area contributed by atoms with E-state index in [-0.39, 0.29) is 17.2 Å². The first-order chi connectivity index (χ1) is 8.69. The van der Waals surface area contributed by atoms with Gasteiger partial charge in [-0.1, -0.05) is 6.92 Å². The summed E-state index contributed by atoms with van der Waals surface area (Å²) in [5.74, 6) is 0.668. The van der Waals surface area contributed by atoms with Gasteiger partial charge in [-0.3, -0.25) is 0 Å². The topological polar surface area (TPSA) is 72.8 Å². The second-order valence-corrected chi connectivity index (χ2v) is 4.83. The Kier molecular flexibility index (Phi) is 4.27. The number of hydrogen-bond acceptors (Lipinski definition) is 7. The minimum atomic E-state index is 0.103. The third-order valence-corrected chi connectivity index (χ3v) is 3.39. The van der Waals surface area contributed by atoms with Gasteiger partial charge >= 0.3 is 6.01 Å². The van der Waals surface area contributed by atoms with Gasteiger partial charge in [0.1, 0.15) is 0 Å². The zero-order valence-corrected chi connectivity index (χ0v) is 11.5. The number of aromatic nitrogens is 4. The van der Waals surface area contributed by atoms with Crippen LogP contribution in [0.25, 0.3) is 0 Å². The van der Waals surface area contributed by atoms with Crippen molar-refractivity contribution < 1.29 is 4.74 Å². The van der Waals surface area contributed by atoms with Gasteiger partial charge in [-0.25, -0.2) is 4.98 Å². The smallest absolute Gasteiger partial charge is 0.322 e. The second-order valence-electron chi connectivity index (χ2n) is 3.57. The molecule has 1 unspecified atom stereocenters. The minimum absolute atomic E-state index is 0.103. The van der Waals surface area contributed by atoms with Crippen molar-refractivity contribution in [1.82, 2.24) is 19.9 Å². The van der Waals surface area contributed by atoms with Gasteiger partial charge < -0.3 is 10.1 Å². The van der Waals surface area contributed by atoms with E-state index in [0.717, 1.165) is 5.01 Å². The fourth-order valence-corrected chi connectivity index (χ4v) is 2.16. The first-order valence-electron chi connectivity index (χ1n) is 5.28. The molecule has 0 aliphatic carbocycles. The Morgan fingerprint density at radius 1 is 1.44 bits per heavy atom. The van der Waals surface area contributed by atoms with Gasteiger partial charge in [-0.15, -0.1) is 11.3 Å². The number of ether oxygens (including phenoxy) is 1. The predicted molar refractivity (Wildman–Crippen MR) is 70.4 cm³/mol. The van der Waals surface area contributed by atoms with Crippen LogP contribution in [0.1, 0.15) is 17.8 Å². The van der Waals surface area contributed by atoms with Crippen LogP contribution in [0.15, 0.2) is 11.6 Å². The molecule has 0 saturated carbocycles. The molecule has 0 amide bonds. The Morgan fingerprint density at radius 2 is 2.28 bits per heavy atom. The number of halogens is 1. The highest BCUT2D eigenvalue weighted by Crippen LogP contribution is 2.18. The predicted octanol–water partition coefficient (Wildman–Crippen LogP) is 2.21. The zero-order valence-electron chi connectivity index (χ0n) is 9.92. The minimum Gasteiger partial charge on any atom is -0.467 e. The second kappa shape index (κ2) is 5.92. The fourth-order valence-electron chi connectivity index (χ4n) is 1.31. The molecule has 6 nitrogen and oxygen atoms in total. The Morgan fingerprint density at radius 3 is 2.94 bits per heavy atom. The molecule has 0 spiro atoms. The highest BCUT2D eigenvalue weighted by atomic mass is 35.5. The number of methoxy groups -OCH3 is 1. The summed E-state index contributed by atoms with van der Waals surface area (Å²) < 4.78 is 4.92. The van der Waals surface area contributed by atoms with E-state index in [0.29, 0.717) is 12.5 Å². The molecule has 0 aliphatic rings. The average molecular weight is 286 g/mol. The molecule has 96 valence electrons. The van der Waals surface area contributed by atoms with Gasteiger partial charge in [0.15, 0.2) is 0 Å². The van der Waals surface area contributed by atoms with Crippen LogP contribution >= 0.6 is 22.9 Å². The summed E-state index contributed by atoms with van der Waals surface area (Å²) >= 11 is 7.37. The summed E-state index contributed by atoms with van der Waals surface area (Å²) in [6, 6.07) is 0.194. The van der Waals surface area contributed by atoms with Crippen molar-refractivity contribution in [2.75, 3.05) is 19.0 Å². The summed E-state index contributed by atoms with van der Waals surface area (Å²) in [5, 5.41) is 6.21. The summed E-state index contributed by atoms with van der Waals surface area (Å²) in [5.41, 5.74) is 0. The molecular formula is C10H12ClN5OS. The third kappa shape index (κ3) is 3.27. The van der Waals surface area contributed by atoms with Crippen LogP contribution in [0.2, 0.25) is 5.28 Å². The molecule has 0 bridgehead atoms. The van der Waals surface area contributed by atoms with Crippen LogP contribution in [-0.2, 0) is 0 Å². The van der Waals surface area contributed by atoms with Crippen LogP contribution in [0.3, 0.4) is 0 Å². The Labute approximate surface area is 113 Å². The van der Waals surface area contributed by atoms with Gasteiger partial charge in [0.05, 0.1) is 12.1 Å². The van der Waals surface area contributed by atoms with Crippen LogP contribution in [0.5, 0.6) is 6.01 Å². The average Bonchev–Trinajstić information content (AvgIpc) is 2.89. The van der Waals surface area contributed by atoms with Gasteiger partial charge in [0.25, 0.3) is 0 Å². The molecule has 18 heavy (non-hydrogen) atoms. The number of nitrogens with zero attached hydrogens (tertiary/aromatic N) is 4. The summed E-state index contributed by atoms with van der Waals surface area (Å²) in [4.78, 5) is 16.1. The SMILES string of the molecule is COc1nc(Cl)nc(NCC(C)c2nccs2)n1. The molecule has 2 aromatic heterocycles. The lowest BCUT2D eigenvalue weighted by Gasteiger charge is -2.10. The summed E-state index contributed by atoms with van der Waals surface area (Å²) in [6.45, 7) is 2.74. The van der Waals surface area contributed by atoms with E-state index in [2.05, 4.69) is 32.2 Å². The van der Waals surface area contributed by atoms with Crippen molar-refractivity contribution >= 4 is 28.9 Å². The Hall–Kier alpha value is -1.47. The Bertz CT molecular complexity index is 507. The van der Waals surface area contributed by atoms with E-state index in [1.807, 2.05) is 5.38 Å². The van der Waals surface area contributed by atoms with Crippen LogP contribution in [0.4, 0.5) is 5.95 Å². The molecule has 2 rings (SSSR count). The number of thiazole rings is 1. The molecule has 1 N–H and O–H groups in total. The molecule has 0 saturated heterocycles. The first-order valence-corrected chi connectivity index (χ1v) is 6.53. The molecule has 2 aromatic rings. The molecule has 0 aliphatic heterocycles. The molecule has 0 fully saturated rings. The van der Waals surface area contributed by atoms with E-state index < -0.39 is 0 Å². The van der Waals surface area contributed by atoms with Crippen LogP contribution in [0, 0.1) is 0 Å². The highest BCUT2D eigenvalue weighted by molar-refractivity contribution is 7.09. The molecule has 2 heterocycles. The van der Waals surface area contributed by atoms with Crippen LogP contribution < -0.4 is 10.1 Å². The van der Waals surface area contributed by atoms with E-state index in [1.54, 1.807) is 17.5 Å².